The molecule has 42 heavy (non-hydrogen) atoms. The van der Waals surface area contributed by atoms with Gasteiger partial charge in [-0.15, -0.1) is 0 Å². The fraction of sp³-hybridized carbons (Fsp3) is 0.188. The van der Waals surface area contributed by atoms with Gasteiger partial charge >= 0.3 is 0 Å². The Labute approximate surface area is 251 Å². The van der Waals surface area contributed by atoms with Crippen molar-refractivity contribution in [2.45, 2.75) is 37.8 Å². The van der Waals surface area contributed by atoms with Crippen LogP contribution in [0.5, 0.6) is 11.5 Å². The van der Waals surface area contributed by atoms with Gasteiger partial charge in [-0.05, 0) is 73.0 Å². The largest absolute Gasteiger partial charge is 0.490 e. The zero-order chi connectivity index (χ0) is 30.0. The van der Waals surface area contributed by atoms with E-state index in [1.165, 1.54) is 18.3 Å². The summed E-state index contributed by atoms with van der Waals surface area (Å²) in [6.07, 6.45) is 1.32. The van der Waals surface area contributed by atoms with Gasteiger partial charge in [-0.3, -0.25) is 4.79 Å². The molecule has 0 unspecified atom stereocenters. The van der Waals surface area contributed by atoms with E-state index in [-0.39, 0.29) is 11.3 Å². The van der Waals surface area contributed by atoms with E-state index < -0.39 is 22.0 Å². The molecule has 0 bridgehead atoms. The third-order valence-corrected chi connectivity index (χ3v) is 7.94. The molecular formula is C32H32ClN3O5S. The minimum atomic E-state index is -3.87. The van der Waals surface area contributed by atoms with Crippen molar-refractivity contribution in [3.05, 3.63) is 124 Å². The van der Waals surface area contributed by atoms with Gasteiger partial charge in [0.1, 0.15) is 6.61 Å². The lowest BCUT2D eigenvalue weighted by atomic mass is 10.0. The quantitative estimate of drug-likeness (QED) is 0.140. The molecule has 0 aliphatic heterocycles. The summed E-state index contributed by atoms with van der Waals surface area (Å²) in [4.78, 5) is 13.0. The second-order valence-corrected chi connectivity index (χ2v) is 11.6. The molecule has 1 atom stereocenters. The van der Waals surface area contributed by atoms with Crippen LogP contribution < -0.4 is 19.6 Å². The predicted molar refractivity (Wildman–Crippen MR) is 164 cm³/mol. The Balaban J connectivity index is 1.41. The fourth-order valence-electron chi connectivity index (χ4n) is 4.03. The van der Waals surface area contributed by atoms with Gasteiger partial charge in [0.05, 0.1) is 23.8 Å². The van der Waals surface area contributed by atoms with Crippen LogP contribution in [0.3, 0.4) is 0 Å². The Morgan fingerprint density at radius 3 is 2.33 bits per heavy atom. The number of nitrogens with zero attached hydrogens (tertiary/aromatic N) is 1. The van der Waals surface area contributed by atoms with E-state index >= 15 is 0 Å². The summed E-state index contributed by atoms with van der Waals surface area (Å²) < 4.78 is 40.5. The van der Waals surface area contributed by atoms with Crippen molar-refractivity contribution < 1.29 is 22.7 Å². The lowest BCUT2D eigenvalue weighted by molar-refractivity contribution is -0.121. The molecule has 4 aromatic carbocycles. The molecule has 0 radical (unpaired) electrons. The monoisotopic (exact) mass is 605 g/mol. The Morgan fingerprint density at radius 1 is 0.929 bits per heavy atom. The standard InChI is InChI=1S/C32H32ClN3O5S/c1-3-40-31-19-25(13-18-30(31)41-22-24-11-14-27(33)15-12-24)21-34-35-32(37)20-29(26-7-5-4-6-8-26)36-42(38,39)28-16-9-23(2)10-17-28/h4-19,21,29,36H,3,20,22H2,1-2H3,(H,35,37)/b34-21-/t29-/m0/s1. The van der Waals surface area contributed by atoms with E-state index in [9.17, 15) is 13.2 Å². The summed E-state index contributed by atoms with van der Waals surface area (Å²) in [5, 5.41) is 4.73. The maximum atomic E-state index is 13.1. The van der Waals surface area contributed by atoms with Crippen molar-refractivity contribution in [2.24, 2.45) is 5.10 Å². The number of rotatable bonds is 13. The second-order valence-electron chi connectivity index (χ2n) is 9.45. The number of aryl methyl sites for hydroxylation is 1. The maximum Gasteiger partial charge on any atom is 0.242 e. The van der Waals surface area contributed by atoms with Crippen molar-refractivity contribution in [3.63, 3.8) is 0 Å². The van der Waals surface area contributed by atoms with Crippen LogP contribution in [-0.4, -0.2) is 27.1 Å². The Kier molecular flexibility index (Phi) is 10.7. The average molecular weight is 606 g/mol. The van der Waals surface area contributed by atoms with Crippen LogP contribution in [0.4, 0.5) is 0 Å². The molecule has 0 heterocycles. The summed E-state index contributed by atoms with van der Waals surface area (Å²) in [6, 6.07) is 27.4. The molecule has 4 aromatic rings. The Bertz CT molecular complexity index is 1610. The third-order valence-electron chi connectivity index (χ3n) is 6.20. The van der Waals surface area contributed by atoms with Crippen LogP contribution in [-0.2, 0) is 21.4 Å². The lowest BCUT2D eigenvalue weighted by Crippen LogP contribution is -2.32. The SMILES string of the molecule is CCOc1cc(/C=N\NC(=O)C[C@H](NS(=O)(=O)c2ccc(C)cc2)c2ccccc2)ccc1OCc1ccc(Cl)cc1. The zero-order valence-corrected chi connectivity index (χ0v) is 24.9. The first-order valence-corrected chi connectivity index (χ1v) is 15.2. The van der Waals surface area contributed by atoms with Gasteiger partial charge in [0.15, 0.2) is 11.5 Å². The van der Waals surface area contributed by atoms with E-state index in [1.54, 1.807) is 66.7 Å². The van der Waals surface area contributed by atoms with Crippen LogP contribution in [0.2, 0.25) is 5.02 Å². The fourth-order valence-corrected chi connectivity index (χ4v) is 5.38. The molecule has 0 saturated heterocycles. The van der Waals surface area contributed by atoms with Gasteiger partial charge < -0.3 is 9.47 Å². The molecule has 0 spiro atoms. The number of ether oxygens (including phenoxy) is 2. The summed E-state index contributed by atoms with van der Waals surface area (Å²) in [5.74, 6) is 0.649. The number of hydrogen-bond acceptors (Lipinski definition) is 6. The van der Waals surface area contributed by atoms with E-state index in [2.05, 4.69) is 15.2 Å². The minimum Gasteiger partial charge on any atom is -0.490 e. The number of hydrogen-bond donors (Lipinski definition) is 2. The first-order valence-electron chi connectivity index (χ1n) is 13.3. The molecule has 0 saturated carbocycles. The molecular weight excluding hydrogens is 574 g/mol. The van der Waals surface area contributed by atoms with Crippen molar-refractivity contribution >= 4 is 33.7 Å². The number of sulfonamides is 1. The lowest BCUT2D eigenvalue weighted by Gasteiger charge is -2.18. The average Bonchev–Trinajstić information content (AvgIpc) is 2.98. The summed E-state index contributed by atoms with van der Waals surface area (Å²) in [7, 11) is -3.87. The van der Waals surface area contributed by atoms with Crippen LogP contribution >= 0.6 is 11.6 Å². The molecule has 0 fully saturated rings. The molecule has 0 aliphatic rings. The smallest absolute Gasteiger partial charge is 0.242 e. The number of carbonyl (C=O) groups excluding carboxylic acids is 1. The number of nitrogens with one attached hydrogen (secondary N) is 2. The minimum absolute atomic E-state index is 0.123. The molecule has 10 heteroatoms. The van der Waals surface area contributed by atoms with Crippen molar-refractivity contribution in [1.29, 1.82) is 0 Å². The van der Waals surface area contributed by atoms with Crippen LogP contribution in [0.15, 0.2) is 107 Å². The van der Waals surface area contributed by atoms with Gasteiger partial charge in [-0.25, -0.2) is 18.6 Å². The molecule has 0 aromatic heterocycles. The number of benzene rings is 4. The van der Waals surface area contributed by atoms with Crippen LogP contribution in [0, 0.1) is 6.92 Å². The van der Waals surface area contributed by atoms with Crippen LogP contribution in [0.1, 0.15) is 41.6 Å². The summed E-state index contributed by atoms with van der Waals surface area (Å²) >= 11 is 5.95. The topological polar surface area (TPSA) is 106 Å². The van der Waals surface area contributed by atoms with Crippen molar-refractivity contribution in [2.75, 3.05) is 6.61 Å². The first kappa shape index (κ1) is 30.8. The van der Waals surface area contributed by atoms with Gasteiger partial charge in [-0.2, -0.15) is 5.10 Å². The normalized spacial score (nSPS) is 12.2. The molecule has 0 aliphatic carbocycles. The van der Waals surface area contributed by atoms with E-state index in [1.807, 2.05) is 32.0 Å². The first-order chi connectivity index (χ1) is 20.2. The second kappa shape index (κ2) is 14.6. The Hall–Kier alpha value is -4.18. The maximum absolute atomic E-state index is 13.1. The molecule has 218 valence electrons. The summed E-state index contributed by atoms with van der Waals surface area (Å²) in [5.41, 5.74) is 5.73. The predicted octanol–water partition coefficient (Wildman–Crippen LogP) is 6.19. The third kappa shape index (κ3) is 8.91. The summed E-state index contributed by atoms with van der Waals surface area (Å²) in [6.45, 7) is 4.54. The van der Waals surface area contributed by atoms with E-state index in [4.69, 9.17) is 21.1 Å². The Morgan fingerprint density at radius 2 is 1.64 bits per heavy atom. The molecule has 1 amide bonds. The van der Waals surface area contributed by atoms with E-state index in [0.29, 0.717) is 40.9 Å². The highest BCUT2D eigenvalue weighted by Gasteiger charge is 2.23. The molecule has 4 rings (SSSR count). The highest BCUT2D eigenvalue weighted by molar-refractivity contribution is 7.89. The number of carbonyl (C=O) groups is 1. The van der Waals surface area contributed by atoms with Gasteiger partial charge in [0.25, 0.3) is 0 Å². The highest BCUT2D eigenvalue weighted by Crippen LogP contribution is 2.29. The van der Waals surface area contributed by atoms with Crippen molar-refractivity contribution in [3.8, 4) is 11.5 Å². The number of halogens is 1. The molecule has 8 nitrogen and oxygen atoms in total. The van der Waals surface area contributed by atoms with Crippen molar-refractivity contribution in [1.82, 2.24) is 10.1 Å². The molecule has 2 N–H and O–H groups in total. The number of amides is 1. The van der Waals surface area contributed by atoms with Gasteiger partial charge in [-0.1, -0.05) is 71.8 Å². The number of hydrazone groups is 1. The van der Waals surface area contributed by atoms with E-state index in [0.717, 1.165) is 11.1 Å². The van der Waals surface area contributed by atoms with Gasteiger partial charge in [0, 0.05) is 11.4 Å². The highest BCUT2D eigenvalue weighted by atomic mass is 35.5. The van der Waals surface area contributed by atoms with Crippen LogP contribution in [0.25, 0.3) is 0 Å². The zero-order valence-electron chi connectivity index (χ0n) is 23.3. The van der Waals surface area contributed by atoms with Gasteiger partial charge in [0.2, 0.25) is 15.9 Å².